The molecule has 0 aromatic carbocycles. The fourth-order valence-electron chi connectivity index (χ4n) is 4.04. The number of hydrogen-bond donors (Lipinski definition) is 0. The number of anilines is 1. The van der Waals surface area contributed by atoms with Crippen molar-refractivity contribution in [3.05, 3.63) is 0 Å². The standard InChI is InChI=1S/C19H31N5OS/c25-17(22-11-5-2-1-3-6-12-22)15-26-19-21-20-18(24(19)16-9-10-16)23-13-7-4-8-14-23/h16H,1-15H2. The topological polar surface area (TPSA) is 54.3 Å². The third-order valence-electron chi connectivity index (χ3n) is 5.73. The first kappa shape index (κ1) is 18.1. The van der Waals surface area contributed by atoms with Crippen molar-refractivity contribution in [3.63, 3.8) is 0 Å². The molecule has 1 aromatic rings. The van der Waals surface area contributed by atoms with Crippen molar-refractivity contribution in [1.82, 2.24) is 19.7 Å². The molecule has 0 radical (unpaired) electrons. The minimum Gasteiger partial charge on any atom is -0.342 e. The number of likely N-dealkylation sites (tertiary alicyclic amines) is 1. The third-order valence-corrected chi connectivity index (χ3v) is 6.66. The normalized spacial score (nSPS) is 22.2. The van der Waals surface area contributed by atoms with E-state index in [4.69, 9.17) is 0 Å². The highest BCUT2D eigenvalue weighted by atomic mass is 32.2. The second-order valence-corrected chi connectivity index (χ2v) is 8.81. The number of carbonyl (C=O) groups is 1. The Kier molecular flexibility index (Phi) is 6.02. The zero-order valence-corrected chi connectivity index (χ0v) is 16.6. The Morgan fingerprint density at radius 1 is 0.885 bits per heavy atom. The highest BCUT2D eigenvalue weighted by Gasteiger charge is 2.32. The molecule has 0 atom stereocenters. The largest absolute Gasteiger partial charge is 0.342 e. The molecule has 3 heterocycles. The molecule has 3 fully saturated rings. The monoisotopic (exact) mass is 377 g/mol. The van der Waals surface area contributed by atoms with Crippen LogP contribution in [0.15, 0.2) is 5.16 Å². The average molecular weight is 378 g/mol. The van der Waals surface area contributed by atoms with Crippen molar-refractivity contribution >= 4 is 23.6 Å². The fourth-order valence-corrected chi connectivity index (χ4v) is 4.95. The van der Waals surface area contributed by atoms with Crippen LogP contribution in [0.5, 0.6) is 0 Å². The number of hydrogen-bond acceptors (Lipinski definition) is 5. The summed E-state index contributed by atoms with van der Waals surface area (Å²) in [5, 5.41) is 9.92. The lowest BCUT2D eigenvalue weighted by molar-refractivity contribution is -0.128. The van der Waals surface area contributed by atoms with Crippen molar-refractivity contribution in [2.75, 3.05) is 36.8 Å². The Balaban J connectivity index is 1.39. The average Bonchev–Trinajstić information content (AvgIpc) is 3.39. The van der Waals surface area contributed by atoms with Crippen LogP contribution in [-0.4, -0.2) is 57.5 Å². The molecular formula is C19H31N5OS. The van der Waals surface area contributed by atoms with Gasteiger partial charge in [0, 0.05) is 32.2 Å². The number of thioether (sulfide) groups is 1. The van der Waals surface area contributed by atoms with Crippen LogP contribution in [0.3, 0.4) is 0 Å². The molecule has 2 saturated heterocycles. The zero-order chi connectivity index (χ0) is 17.8. The summed E-state index contributed by atoms with van der Waals surface area (Å²) in [4.78, 5) is 17.1. The number of nitrogens with zero attached hydrogens (tertiary/aromatic N) is 5. The molecule has 0 unspecified atom stereocenters. The van der Waals surface area contributed by atoms with E-state index in [0.29, 0.717) is 11.8 Å². The van der Waals surface area contributed by atoms with Crippen LogP contribution >= 0.6 is 11.8 Å². The maximum Gasteiger partial charge on any atom is 0.233 e. The number of carbonyl (C=O) groups excluding carboxylic acids is 1. The Morgan fingerprint density at radius 3 is 2.19 bits per heavy atom. The number of amides is 1. The van der Waals surface area contributed by atoms with Gasteiger partial charge in [-0.15, -0.1) is 10.2 Å². The van der Waals surface area contributed by atoms with Gasteiger partial charge in [-0.05, 0) is 44.9 Å². The minimum atomic E-state index is 0.266. The first-order valence-electron chi connectivity index (χ1n) is 10.4. The smallest absolute Gasteiger partial charge is 0.233 e. The molecule has 1 amide bonds. The van der Waals surface area contributed by atoms with Gasteiger partial charge in [0.15, 0.2) is 5.16 Å². The third kappa shape index (κ3) is 4.35. The van der Waals surface area contributed by atoms with Crippen LogP contribution < -0.4 is 4.90 Å². The molecule has 1 aliphatic carbocycles. The van der Waals surface area contributed by atoms with E-state index in [9.17, 15) is 4.79 Å². The predicted octanol–water partition coefficient (Wildman–Crippen LogP) is 3.49. The summed E-state index contributed by atoms with van der Waals surface area (Å²) in [5.74, 6) is 1.79. The van der Waals surface area contributed by atoms with Gasteiger partial charge >= 0.3 is 0 Å². The lowest BCUT2D eigenvalue weighted by atomic mass is 10.1. The van der Waals surface area contributed by atoms with Gasteiger partial charge in [0.1, 0.15) is 0 Å². The van der Waals surface area contributed by atoms with Crippen molar-refractivity contribution in [3.8, 4) is 0 Å². The molecular weight excluding hydrogens is 346 g/mol. The van der Waals surface area contributed by atoms with E-state index in [1.807, 2.05) is 0 Å². The van der Waals surface area contributed by atoms with Crippen LogP contribution in [0.25, 0.3) is 0 Å². The SMILES string of the molecule is O=C(CSc1nnc(N2CCCCC2)n1C1CC1)N1CCCCCCC1. The fraction of sp³-hybridized carbons (Fsp3) is 0.842. The van der Waals surface area contributed by atoms with Crippen molar-refractivity contribution in [2.24, 2.45) is 0 Å². The quantitative estimate of drug-likeness (QED) is 0.735. The maximum absolute atomic E-state index is 12.7. The summed E-state index contributed by atoms with van der Waals surface area (Å²) in [6.07, 6.45) is 12.4. The molecule has 0 N–H and O–H groups in total. The molecule has 4 rings (SSSR count). The molecule has 26 heavy (non-hydrogen) atoms. The lowest BCUT2D eigenvalue weighted by Crippen LogP contribution is -2.35. The number of rotatable bonds is 5. The Morgan fingerprint density at radius 2 is 1.50 bits per heavy atom. The second-order valence-electron chi connectivity index (χ2n) is 7.87. The van der Waals surface area contributed by atoms with Crippen LogP contribution in [0.2, 0.25) is 0 Å². The van der Waals surface area contributed by atoms with E-state index in [-0.39, 0.29) is 5.91 Å². The second kappa shape index (κ2) is 8.63. The molecule has 1 aromatic heterocycles. The van der Waals surface area contributed by atoms with E-state index in [1.54, 1.807) is 11.8 Å². The van der Waals surface area contributed by atoms with Gasteiger partial charge in [-0.1, -0.05) is 31.0 Å². The zero-order valence-electron chi connectivity index (χ0n) is 15.7. The number of aromatic nitrogens is 3. The highest BCUT2D eigenvalue weighted by molar-refractivity contribution is 7.99. The first-order valence-corrected chi connectivity index (χ1v) is 11.4. The molecule has 1 saturated carbocycles. The van der Waals surface area contributed by atoms with Crippen molar-refractivity contribution in [1.29, 1.82) is 0 Å². The molecule has 3 aliphatic rings. The van der Waals surface area contributed by atoms with Crippen molar-refractivity contribution in [2.45, 2.75) is 75.4 Å². The van der Waals surface area contributed by atoms with E-state index < -0.39 is 0 Å². The highest BCUT2D eigenvalue weighted by Crippen LogP contribution is 2.41. The lowest BCUT2D eigenvalue weighted by Gasteiger charge is -2.28. The van der Waals surface area contributed by atoms with E-state index in [2.05, 4.69) is 24.6 Å². The summed E-state index contributed by atoms with van der Waals surface area (Å²) in [5.41, 5.74) is 0. The first-order chi connectivity index (χ1) is 12.8. The van der Waals surface area contributed by atoms with Crippen molar-refractivity contribution < 1.29 is 4.79 Å². The van der Waals surface area contributed by atoms with Gasteiger partial charge in [-0.3, -0.25) is 9.36 Å². The van der Waals surface area contributed by atoms with Gasteiger partial charge in [0.25, 0.3) is 0 Å². The van der Waals surface area contributed by atoms with Gasteiger partial charge < -0.3 is 9.80 Å². The molecule has 7 heteroatoms. The predicted molar refractivity (Wildman–Crippen MR) is 105 cm³/mol. The van der Waals surface area contributed by atoms with Crippen LogP contribution in [-0.2, 0) is 4.79 Å². The maximum atomic E-state index is 12.7. The van der Waals surface area contributed by atoms with Crippen LogP contribution in [0.4, 0.5) is 5.95 Å². The summed E-state index contributed by atoms with van der Waals surface area (Å²) in [6.45, 7) is 4.02. The Hall–Kier alpha value is -1.24. The van der Waals surface area contributed by atoms with Gasteiger partial charge in [-0.25, -0.2) is 0 Å². The Labute approximate surface area is 160 Å². The van der Waals surface area contributed by atoms with Gasteiger partial charge in [0.05, 0.1) is 5.75 Å². The summed E-state index contributed by atoms with van der Waals surface area (Å²) in [7, 11) is 0. The van der Waals surface area contributed by atoms with Gasteiger partial charge in [0.2, 0.25) is 11.9 Å². The summed E-state index contributed by atoms with van der Waals surface area (Å²) in [6, 6.07) is 0.543. The van der Waals surface area contributed by atoms with Crippen LogP contribution in [0.1, 0.15) is 70.3 Å². The molecule has 0 bridgehead atoms. The van der Waals surface area contributed by atoms with E-state index in [1.165, 1.54) is 51.4 Å². The van der Waals surface area contributed by atoms with E-state index >= 15 is 0 Å². The summed E-state index contributed by atoms with van der Waals surface area (Å²) < 4.78 is 2.32. The number of piperidine rings is 1. The minimum absolute atomic E-state index is 0.266. The van der Waals surface area contributed by atoms with E-state index in [0.717, 1.165) is 50.1 Å². The Bertz CT molecular complexity index is 601. The molecule has 144 valence electrons. The van der Waals surface area contributed by atoms with Gasteiger partial charge in [-0.2, -0.15) is 0 Å². The summed E-state index contributed by atoms with van der Waals surface area (Å²) >= 11 is 1.59. The molecule has 6 nitrogen and oxygen atoms in total. The molecule has 2 aliphatic heterocycles. The van der Waals surface area contributed by atoms with Crippen LogP contribution in [0, 0.1) is 0 Å². The molecule has 0 spiro atoms.